The van der Waals surface area contributed by atoms with Crippen molar-refractivity contribution in [2.45, 2.75) is 54.4 Å². The van der Waals surface area contributed by atoms with Crippen molar-refractivity contribution in [3.63, 3.8) is 0 Å². The Morgan fingerprint density at radius 3 is 2.40 bits per heavy atom. The van der Waals surface area contributed by atoms with E-state index in [0.29, 0.717) is 0 Å². The van der Waals surface area contributed by atoms with Crippen molar-refractivity contribution in [2.75, 3.05) is 0 Å². The van der Waals surface area contributed by atoms with Gasteiger partial charge in [-0.2, -0.15) is 0 Å². The second-order valence-electron chi connectivity index (χ2n) is 4.76. The van der Waals surface area contributed by atoms with Crippen LogP contribution in [0.3, 0.4) is 0 Å². The number of hydrogen-bond donors (Lipinski definition) is 0. The van der Waals surface area contributed by atoms with E-state index in [1.807, 2.05) is 13.8 Å². The summed E-state index contributed by atoms with van der Waals surface area (Å²) in [4.78, 5) is 0. The monoisotopic (exact) mass is 268 g/mol. The summed E-state index contributed by atoms with van der Waals surface area (Å²) in [5.74, 6) is 0. The largest absolute Gasteiger partial charge is 0.0801 e. The van der Waals surface area contributed by atoms with Gasteiger partial charge in [0, 0.05) is 0 Å². The molecule has 2 aliphatic rings. The van der Waals surface area contributed by atoms with Crippen molar-refractivity contribution in [2.24, 2.45) is 0 Å². The van der Waals surface area contributed by atoms with E-state index in [2.05, 4.69) is 50.3 Å². The van der Waals surface area contributed by atoms with Gasteiger partial charge < -0.3 is 0 Å². The van der Waals surface area contributed by atoms with Gasteiger partial charge in [0.25, 0.3) is 0 Å². The first-order valence-corrected chi connectivity index (χ1v) is 7.58. The van der Waals surface area contributed by atoms with E-state index in [1.54, 1.807) is 11.1 Å². The van der Waals surface area contributed by atoms with Gasteiger partial charge in [-0.15, -0.1) is 0 Å². The zero-order chi connectivity index (χ0) is 13.8. The molecule has 20 heavy (non-hydrogen) atoms. The Bertz CT molecular complexity index is 553. The molecule has 0 heteroatoms. The van der Waals surface area contributed by atoms with E-state index < -0.39 is 0 Å². The molecule has 108 valence electrons. The standard InChI is InChI=1S/C17H18.C2H6.CH4/c1-3-12-9-10-16-13(4-2)14-7-5-6-8-15(14)17(16)11-12;1-2;/h5-6,8-11H,3-4,7H2,1-2H3;1-2H3;1H4. The summed E-state index contributed by atoms with van der Waals surface area (Å²) in [7, 11) is 0. The smallest absolute Gasteiger partial charge is 0.00852 e. The van der Waals surface area contributed by atoms with Crippen LogP contribution in [0.4, 0.5) is 0 Å². The minimum atomic E-state index is 0. The molecule has 1 aromatic rings. The molecule has 2 aliphatic carbocycles. The first-order chi connectivity index (χ1) is 9.35. The van der Waals surface area contributed by atoms with Crippen molar-refractivity contribution in [3.05, 3.63) is 58.7 Å². The molecule has 0 bridgehead atoms. The van der Waals surface area contributed by atoms with Crippen LogP contribution in [0.1, 0.15) is 64.7 Å². The number of aryl methyl sites for hydroxylation is 1. The highest BCUT2D eigenvalue weighted by Crippen LogP contribution is 2.45. The molecule has 0 radical (unpaired) electrons. The van der Waals surface area contributed by atoms with Crippen LogP contribution in [0.25, 0.3) is 11.1 Å². The van der Waals surface area contributed by atoms with Gasteiger partial charge in [0.1, 0.15) is 0 Å². The topological polar surface area (TPSA) is 0 Å². The van der Waals surface area contributed by atoms with Gasteiger partial charge in [-0.1, -0.05) is 71.5 Å². The Morgan fingerprint density at radius 2 is 1.75 bits per heavy atom. The first-order valence-electron chi connectivity index (χ1n) is 7.58. The molecule has 0 spiro atoms. The lowest BCUT2D eigenvalue weighted by molar-refractivity contribution is 1.13. The zero-order valence-electron chi connectivity index (χ0n) is 12.6. The highest BCUT2D eigenvalue weighted by molar-refractivity contribution is 6.01. The molecule has 3 rings (SSSR count). The quantitative estimate of drug-likeness (QED) is 0.579. The zero-order valence-corrected chi connectivity index (χ0v) is 12.6. The lowest BCUT2D eigenvalue weighted by Gasteiger charge is -2.09. The van der Waals surface area contributed by atoms with Crippen LogP contribution in [-0.2, 0) is 6.42 Å². The molecule has 0 heterocycles. The number of allylic oxidation sites excluding steroid dienone is 6. The van der Waals surface area contributed by atoms with Gasteiger partial charge in [-0.3, -0.25) is 0 Å². The molecule has 0 unspecified atom stereocenters. The predicted octanol–water partition coefficient (Wildman–Crippen LogP) is 6.43. The third-order valence-electron chi connectivity index (χ3n) is 3.87. The van der Waals surface area contributed by atoms with Crippen LogP contribution in [0.15, 0.2) is 42.0 Å². The second kappa shape index (κ2) is 7.28. The summed E-state index contributed by atoms with van der Waals surface area (Å²) in [6.45, 7) is 8.49. The highest BCUT2D eigenvalue weighted by Gasteiger charge is 2.25. The number of rotatable bonds is 2. The van der Waals surface area contributed by atoms with Crippen molar-refractivity contribution >= 4 is 11.1 Å². The van der Waals surface area contributed by atoms with Crippen molar-refractivity contribution in [1.29, 1.82) is 0 Å². The van der Waals surface area contributed by atoms with E-state index in [4.69, 9.17) is 0 Å². The minimum absolute atomic E-state index is 0. The summed E-state index contributed by atoms with van der Waals surface area (Å²) in [5.41, 5.74) is 8.94. The second-order valence-corrected chi connectivity index (χ2v) is 4.76. The summed E-state index contributed by atoms with van der Waals surface area (Å²) in [6.07, 6.45) is 10.1. The Kier molecular flexibility index (Phi) is 6.01. The Balaban J connectivity index is 0.000000639. The van der Waals surface area contributed by atoms with E-state index in [1.165, 1.54) is 22.3 Å². The summed E-state index contributed by atoms with van der Waals surface area (Å²) >= 11 is 0. The molecule has 1 aromatic carbocycles. The van der Waals surface area contributed by atoms with E-state index in [9.17, 15) is 0 Å². The molecule has 0 atom stereocenters. The summed E-state index contributed by atoms with van der Waals surface area (Å²) in [5, 5.41) is 0. The fourth-order valence-electron chi connectivity index (χ4n) is 2.96. The minimum Gasteiger partial charge on any atom is -0.0801 e. The average molecular weight is 268 g/mol. The maximum atomic E-state index is 2.38. The predicted molar refractivity (Wildman–Crippen MR) is 92.8 cm³/mol. The van der Waals surface area contributed by atoms with Crippen LogP contribution >= 0.6 is 0 Å². The lowest BCUT2D eigenvalue weighted by atomic mass is 9.95. The summed E-state index contributed by atoms with van der Waals surface area (Å²) in [6, 6.07) is 6.97. The van der Waals surface area contributed by atoms with E-state index >= 15 is 0 Å². The van der Waals surface area contributed by atoms with Crippen LogP contribution < -0.4 is 0 Å². The maximum Gasteiger partial charge on any atom is -0.00852 e. The van der Waals surface area contributed by atoms with Crippen LogP contribution in [0.5, 0.6) is 0 Å². The van der Waals surface area contributed by atoms with Crippen molar-refractivity contribution in [1.82, 2.24) is 0 Å². The maximum absolute atomic E-state index is 2.38. The van der Waals surface area contributed by atoms with Gasteiger partial charge in [0.05, 0.1) is 0 Å². The molecule has 0 N–H and O–H groups in total. The Morgan fingerprint density at radius 1 is 1.00 bits per heavy atom. The normalized spacial score (nSPS) is 14.7. The first kappa shape index (κ1) is 16.5. The third-order valence-corrected chi connectivity index (χ3v) is 3.87. The van der Waals surface area contributed by atoms with Crippen molar-refractivity contribution < 1.29 is 0 Å². The number of hydrogen-bond acceptors (Lipinski definition) is 0. The molecular weight excluding hydrogens is 240 g/mol. The van der Waals surface area contributed by atoms with Gasteiger partial charge in [0.15, 0.2) is 0 Å². The van der Waals surface area contributed by atoms with E-state index in [-0.39, 0.29) is 7.43 Å². The third kappa shape index (κ3) is 2.65. The van der Waals surface area contributed by atoms with Crippen LogP contribution in [0, 0.1) is 0 Å². The summed E-state index contributed by atoms with van der Waals surface area (Å²) < 4.78 is 0. The number of benzene rings is 1. The van der Waals surface area contributed by atoms with Gasteiger partial charge in [-0.05, 0) is 52.7 Å². The Labute approximate surface area is 124 Å². The van der Waals surface area contributed by atoms with Gasteiger partial charge >= 0.3 is 0 Å². The SMILES string of the molecule is C.CC.CCC1=C2CC=CC=C2c2cc(CC)ccc21. The molecular formula is C20H28. The molecule has 0 fully saturated rings. The molecule has 0 amide bonds. The van der Waals surface area contributed by atoms with Crippen LogP contribution in [0.2, 0.25) is 0 Å². The lowest BCUT2D eigenvalue weighted by Crippen LogP contribution is -1.89. The van der Waals surface area contributed by atoms with E-state index in [0.717, 1.165) is 19.3 Å². The molecule has 0 saturated carbocycles. The van der Waals surface area contributed by atoms with Crippen LogP contribution in [-0.4, -0.2) is 0 Å². The van der Waals surface area contributed by atoms with Crippen molar-refractivity contribution in [3.8, 4) is 0 Å². The molecule has 0 aromatic heterocycles. The fraction of sp³-hybridized carbons (Fsp3) is 0.400. The number of fused-ring (bicyclic) bond motifs is 3. The molecule has 0 saturated heterocycles. The highest BCUT2D eigenvalue weighted by atomic mass is 14.3. The van der Waals surface area contributed by atoms with Gasteiger partial charge in [0.2, 0.25) is 0 Å². The van der Waals surface area contributed by atoms with Gasteiger partial charge in [-0.25, -0.2) is 0 Å². The fourth-order valence-corrected chi connectivity index (χ4v) is 2.96. The molecule has 0 aliphatic heterocycles. The Hall–Kier alpha value is -1.56. The average Bonchev–Trinajstić information content (AvgIpc) is 2.82. The molecule has 0 nitrogen and oxygen atoms in total.